The highest BCUT2D eigenvalue weighted by atomic mass is 16.6. The van der Waals surface area contributed by atoms with Crippen LogP contribution in [0.1, 0.15) is 65.7 Å². The monoisotopic (exact) mass is 326 g/mol. The zero-order chi connectivity index (χ0) is 16.9. The van der Waals surface area contributed by atoms with Gasteiger partial charge in [0.2, 0.25) is 0 Å². The number of carbonyl (C=O) groups excluding carboxylic acids is 1. The zero-order valence-electron chi connectivity index (χ0n) is 15.1. The third-order valence-electron chi connectivity index (χ3n) is 4.87. The number of nitrogens with one attached hydrogen (secondary N) is 1. The van der Waals surface area contributed by atoms with Crippen LogP contribution in [-0.4, -0.2) is 53.5 Å². The van der Waals surface area contributed by atoms with Crippen molar-refractivity contribution in [1.82, 2.24) is 10.2 Å². The van der Waals surface area contributed by atoms with Crippen LogP contribution in [0.2, 0.25) is 0 Å². The van der Waals surface area contributed by atoms with E-state index in [1.807, 2.05) is 25.7 Å². The van der Waals surface area contributed by atoms with Crippen LogP contribution in [0.3, 0.4) is 0 Å². The molecule has 0 aromatic heterocycles. The molecule has 2 atom stereocenters. The van der Waals surface area contributed by atoms with Crippen molar-refractivity contribution in [2.75, 3.05) is 26.2 Å². The van der Waals surface area contributed by atoms with Gasteiger partial charge in [-0.3, -0.25) is 0 Å². The second-order valence-corrected chi connectivity index (χ2v) is 8.33. The second-order valence-electron chi connectivity index (χ2n) is 8.33. The standard InChI is InChI=1S/C18H34N2O3/c1-17(2,3)23-16(21)20-12-5-8-15(13-20)7-4-9-18(22)10-6-11-19-14-18/h15,19,22H,4-14H2,1-3H3. The molecular formula is C18H34N2O3. The molecule has 2 rings (SSSR count). The Kier molecular flexibility index (Phi) is 6.32. The zero-order valence-corrected chi connectivity index (χ0v) is 15.1. The minimum absolute atomic E-state index is 0.183. The van der Waals surface area contributed by atoms with Gasteiger partial charge >= 0.3 is 6.09 Å². The fourth-order valence-corrected chi connectivity index (χ4v) is 3.68. The van der Waals surface area contributed by atoms with Crippen LogP contribution >= 0.6 is 0 Å². The first kappa shape index (κ1) is 18.5. The van der Waals surface area contributed by atoms with Crippen molar-refractivity contribution in [2.45, 2.75) is 76.9 Å². The van der Waals surface area contributed by atoms with Gasteiger partial charge in [0.05, 0.1) is 5.60 Å². The van der Waals surface area contributed by atoms with Crippen LogP contribution in [0.4, 0.5) is 4.79 Å². The number of ether oxygens (including phenoxy) is 1. The molecule has 0 aromatic carbocycles. The third-order valence-corrected chi connectivity index (χ3v) is 4.87. The van der Waals surface area contributed by atoms with Gasteiger partial charge in [-0.25, -0.2) is 4.79 Å². The highest BCUT2D eigenvalue weighted by molar-refractivity contribution is 5.68. The van der Waals surface area contributed by atoms with E-state index in [0.29, 0.717) is 5.92 Å². The number of nitrogens with zero attached hydrogens (tertiary/aromatic N) is 1. The molecule has 23 heavy (non-hydrogen) atoms. The summed E-state index contributed by atoms with van der Waals surface area (Å²) in [6.07, 6.45) is 7.00. The summed E-state index contributed by atoms with van der Waals surface area (Å²) in [5, 5.41) is 13.8. The fourth-order valence-electron chi connectivity index (χ4n) is 3.68. The average molecular weight is 326 g/mol. The largest absolute Gasteiger partial charge is 0.444 e. The van der Waals surface area contributed by atoms with Gasteiger partial charge in [0.15, 0.2) is 0 Å². The molecule has 5 heteroatoms. The van der Waals surface area contributed by atoms with E-state index >= 15 is 0 Å². The van der Waals surface area contributed by atoms with E-state index in [-0.39, 0.29) is 6.09 Å². The van der Waals surface area contributed by atoms with Crippen LogP contribution in [0, 0.1) is 5.92 Å². The van der Waals surface area contributed by atoms with Crippen LogP contribution in [0.15, 0.2) is 0 Å². The maximum absolute atomic E-state index is 12.2. The van der Waals surface area contributed by atoms with E-state index in [1.165, 1.54) is 6.42 Å². The number of piperidine rings is 2. The first-order valence-corrected chi connectivity index (χ1v) is 9.18. The number of rotatable bonds is 4. The predicted octanol–water partition coefficient (Wildman–Crippen LogP) is 2.92. The Labute approximate surface area is 140 Å². The van der Waals surface area contributed by atoms with Crippen LogP contribution < -0.4 is 5.32 Å². The number of aliphatic hydroxyl groups is 1. The lowest BCUT2D eigenvalue weighted by atomic mass is 9.86. The molecule has 2 heterocycles. The van der Waals surface area contributed by atoms with Crippen molar-refractivity contribution in [3.05, 3.63) is 0 Å². The number of likely N-dealkylation sites (tertiary alicyclic amines) is 1. The van der Waals surface area contributed by atoms with Crippen molar-refractivity contribution >= 4 is 6.09 Å². The molecule has 0 aliphatic carbocycles. The first-order valence-electron chi connectivity index (χ1n) is 9.18. The third kappa shape index (κ3) is 6.30. The van der Waals surface area contributed by atoms with Gasteiger partial charge in [-0.1, -0.05) is 6.42 Å². The topological polar surface area (TPSA) is 61.8 Å². The van der Waals surface area contributed by atoms with Crippen molar-refractivity contribution in [3.8, 4) is 0 Å². The second kappa shape index (κ2) is 7.84. The van der Waals surface area contributed by atoms with Crippen molar-refractivity contribution in [3.63, 3.8) is 0 Å². The fraction of sp³-hybridized carbons (Fsp3) is 0.944. The highest BCUT2D eigenvalue weighted by Crippen LogP contribution is 2.27. The molecule has 2 saturated heterocycles. The Morgan fingerprint density at radius 3 is 2.83 bits per heavy atom. The molecule has 2 N–H and O–H groups in total. The van der Waals surface area contributed by atoms with E-state index in [1.54, 1.807) is 0 Å². The van der Waals surface area contributed by atoms with Crippen molar-refractivity contribution < 1.29 is 14.6 Å². The molecule has 0 bridgehead atoms. The number of β-amino-alcohol motifs (C(OH)–C–C–N with tert-alkyl or cyclic N) is 1. The average Bonchev–Trinajstić information content (AvgIpc) is 2.46. The smallest absolute Gasteiger partial charge is 0.410 e. The molecule has 5 nitrogen and oxygen atoms in total. The van der Waals surface area contributed by atoms with Crippen LogP contribution in [0.25, 0.3) is 0 Å². The van der Waals surface area contributed by atoms with E-state index in [0.717, 1.165) is 64.7 Å². The molecule has 1 amide bonds. The van der Waals surface area contributed by atoms with Gasteiger partial charge in [-0.2, -0.15) is 0 Å². The summed E-state index contributed by atoms with van der Waals surface area (Å²) in [6.45, 7) is 9.07. The summed E-state index contributed by atoms with van der Waals surface area (Å²) in [6, 6.07) is 0. The van der Waals surface area contributed by atoms with Gasteiger partial charge in [0.1, 0.15) is 5.60 Å². The normalized spacial score (nSPS) is 29.4. The molecule has 2 aliphatic rings. The highest BCUT2D eigenvalue weighted by Gasteiger charge is 2.30. The van der Waals surface area contributed by atoms with E-state index in [2.05, 4.69) is 5.32 Å². The summed E-state index contributed by atoms with van der Waals surface area (Å²) >= 11 is 0. The Bertz CT molecular complexity index is 386. The Hall–Kier alpha value is -0.810. The van der Waals surface area contributed by atoms with Gasteiger partial charge in [-0.15, -0.1) is 0 Å². The summed E-state index contributed by atoms with van der Waals surface area (Å²) < 4.78 is 5.48. The number of hydrogen-bond acceptors (Lipinski definition) is 4. The SMILES string of the molecule is CC(C)(C)OC(=O)N1CCCC(CCCC2(O)CCCNC2)C1. The molecule has 2 aliphatic heterocycles. The Balaban J connectivity index is 1.72. The summed E-state index contributed by atoms with van der Waals surface area (Å²) in [5.74, 6) is 0.538. The first-order chi connectivity index (χ1) is 10.8. The van der Waals surface area contributed by atoms with Crippen LogP contribution in [-0.2, 0) is 4.74 Å². The lowest BCUT2D eigenvalue weighted by Crippen LogP contribution is -2.45. The van der Waals surface area contributed by atoms with Crippen molar-refractivity contribution in [2.24, 2.45) is 5.92 Å². The Morgan fingerprint density at radius 2 is 2.17 bits per heavy atom. The molecule has 0 radical (unpaired) electrons. The molecular weight excluding hydrogens is 292 g/mol. The minimum atomic E-state index is -0.516. The van der Waals surface area contributed by atoms with Gasteiger partial charge < -0.3 is 20.1 Å². The molecule has 134 valence electrons. The van der Waals surface area contributed by atoms with Gasteiger partial charge in [0, 0.05) is 19.6 Å². The Morgan fingerprint density at radius 1 is 1.39 bits per heavy atom. The summed E-state index contributed by atoms with van der Waals surface area (Å²) in [5.41, 5.74) is -0.945. The number of carbonyl (C=O) groups is 1. The maximum atomic E-state index is 12.2. The molecule has 2 unspecified atom stereocenters. The quantitative estimate of drug-likeness (QED) is 0.834. The molecule has 0 saturated carbocycles. The number of hydrogen-bond donors (Lipinski definition) is 2. The molecule has 2 fully saturated rings. The maximum Gasteiger partial charge on any atom is 0.410 e. The summed E-state index contributed by atoms with van der Waals surface area (Å²) in [7, 11) is 0. The van der Waals surface area contributed by atoms with Crippen LogP contribution in [0.5, 0.6) is 0 Å². The molecule has 0 aromatic rings. The summed E-state index contributed by atoms with van der Waals surface area (Å²) in [4.78, 5) is 14.0. The van der Waals surface area contributed by atoms with Gasteiger partial charge in [0.25, 0.3) is 0 Å². The van der Waals surface area contributed by atoms with E-state index in [9.17, 15) is 9.90 Å². The predicted molar refractivity (Wildman–Crippen MR) is 91.4 cm³/mol. The molecule has 0 spiro atoms. The number of amides is 1. The van der Waals surface area contributed by atoms with Gasteiger partial charge in [-0.05, 0) is 71.8 Å². The minimum Gasteiger partial charge on any atom is -0.444 e. The van der Waals surface area contributed by atoms with Crippen molar-refractivity contribution in [1.29, 1.82) is 0 Å². The van der Waals surface area contributed by atoms with E-state index in [4.69, 9.17) is 4.74 Å². The lowest BCUT2D eigenvalue weighted by molar-refractivity contribution is 0.00217. The van der Waals surface area contributed by atoms with E-state index < -0.39 is 11.2 Å². The lowest BCUT2D eigenvalue weighted by Gasteiger charge is -2.35.